The Kier molecular flexibility index (Phi) is 8.70. The number of rotatable bonds is 12. The van der Waals surface area contributed by atoms with Crippen LogP contribution in [0, 0.1) is 11.8 Å². The van der Waals surface area contributed by atoms with E-state index >= 15 is 0 Å². The van der Waals surface area contributed by atoms with Gasteiger partial charge in [-0.2, -0.15) is 0 Å². The van der Waals surface area contributed by atoms with Crippen molar-refractivity contribution in [1.82, 2.24) is 15.1 Å². The second-order valence-electron chi connectivity index (χ2n) is 10.7. The number of unbranched alkanes of at least 4 members (excludes halogenated alkanes) is 1. The van der Waals surface area contributed by atoms with Gasteiger partial charge in [0.15, 0.2) is 0 Å². The maximum Gasteiger partial charge on any atom is 0.245 e. The van der Waals surface area contributed by atoms with E-state index in [4.69, 9.17) is 14.2 Å². The van der Waals surface area contributed by atoms with Crippen LogP contribution < -0.4 is 15.4 Å². The van der Waals surface area contributed by atoms with Crippen molar-refractivity contribution in [1.29, 1.82) is 0 Å². The maximum atomic E-state index is 13.9. The summed E-state index contributed by atoms with van der Waals surface area (Å²) in [6.07, 6.45) is 1.85. The third-order valence-electron chi connectivity index (χ3n) is 8.42. The Morgan fingerprint density at radius 3 is 2.62 bits per heavy atom. The lowest BCUT2D eigenvalue weighted by Gasteiger charge is -2.34. The summed E-state index contributed by atoms with van der Waals surface area (Å²) < 4.78 is 17.3. The lowest BCUT2D eigenvalue weighted by molar-refractivity contribution is -0.141. The fourth-order valence-electron chi connectivity index (χ4n) is 6.67. The quantitative estimate of drug-likeness (QED) is 0.327. The van der Waals surface area contributed by atoms with Crippen LogP contribution in [0.15, 0.2) is 24.3 Å². The lowest BCUT2D eigenvalue weighted by Crippen LogP contribution is -2.56. The summed E-state index contributed by atoms with van der Waals surface area (Å²) in [4.78, 5) is 44.9. The van der Waals surface area contributed by atoms with Crippen molar-refractivity contribution in [2.45, 2.75) is 50.4 Å². The number of nitrogens with one attached hydrogen (secondary N) is 2. The van der Waals surface area contributed by atoms with Gasteiger partial charge in [0, 0.05) is 45.0 Å². The van der Waals surface area contributed by atoms with E-state index in [0.717, 1.165) is 13.1 Å². The summed E-state index contributed by atoms with van der Waals surface area (Å²) in [6.45, 7) is 6.99. The molecule has 4 saturated heterocycles. The summed E-state index contributed by atoms with van der Waals surface area (Å²) >= 11 is 0. The Morgan fingerprint density at radius 1 is 1.13 bits per heavy atom. The van der Waals surface area contributed by atoms with Gasteiger partial charge in [-0.1, -0.05) is 0 Å². The van der Waals surface area contributed by atoms with Gasteiger partial charge in [0.2, 0.25) is 17.7 Å². The van der Waals surface area contributed by atoms with E-state index in [-0.39, 0.29) is 24.3 Å². The number of benzene rings is 1. The number of aliphatic hydroxyl groups excluding tert-OH is 1. The largest absolute Gasteiger partial charge is 0.494 e. The van der Waals surface area contributed by atoms with Gasteiger partial charge in [-0.15, -0.1) is 0 Å². The molecule has 4 fully saturated rings. The van der Waals surface area contributed by atoms with Crippen molar-refractivity contribution in [3.63, 3.8) is 0 Å². The van der Waals surface area contributed by atoms with Crippen molar-refractivity contribution in [3.8, 4) is 5.75 Å². The Morgan fingerprint density at radius 2 is 1.90 bits per heavy atom. The smallest absolute Gasteiger partial charge is 0.245 e. The normalized spacial score (nSPS) is 29.9. The highest BCUT2D eigenvalue weighted by Gasteiger charge is 2.74. The molecule has 4 aliphatic rings. The number of ether oxygens (including phenoxy) is 3. The number of fused-ring (bicyclic) bond motifs is 1. The lowest BCUT2D eigenvalue weighted by atomic mass is 9.70. The second-order valence-corrected chi connectivity index (χ2v) is 10.7. The van der Waals surface area contributed by atoms with Crippen molar-refractivity contribution < 1.29 is 33.7 Å². The van der Waals surface area contributed by atoms with Crippen LogP contribution in [0.1, 0.15) is 32.6 Å². The van der Waals surface area contributed by atoms with Gasteiger partial charge in [-0.3, -0.25) is 19.3 Å². The van der Waals surface area contributed by atoms with Crippen LogP contribution >= 0.6 is 0 Å². The number of amides is 3. The molecule has 3 amide bonds. The van der Waals surface area contributed by atoms with Gasteiger partial charge in [0.25, 0.3) is 0 Å². The van der Waals surface area contributed by atoms with Gasteiger partial charge in [-0.25, -0.2) is 0 Å². The number of morpholine rings is 1. The maximum absolute atomic E-state index is 13.9. The van der Waals surface area contributed by atoms with Crippen LogP contribution in [-0.4, -0.2) is 110 Å². The van der Waals surface area contributed by atoms with Gasteiger partial charge in [-0.05, 0) is 56.9 Å². The SMILES string of the molecule is CCOc1ccc(NC(=O)[C@@H]2[C@H]3C(=O)N(CCCCO)C(C(=O)NCCN4CCOCC4)C34CC[C@H]2O4)cc1. The average Bonchev–Trinajstić information content (AvgIpc) is 3.58. The molecular formula is C28H40N4O7. The topological polar surface area (TPSA) is 130 Å². The van der Waals surface area contributed by atoms with Crippen LogP contribution in [0.3, 0.4) is 0 Å². The van der Waals surface area contributed by atoms with Crippen LogP contribution in [0.4, 0.5) is 5.69 Å². The highest BCUT2D eigenvalue weighted by Crippen LogP contribution is 2.58. The molecule has 2 bridgehead atoms. The first-order valence-corrected chi connectivity index (χ1v) is 14.2. The zero-order chi connectivity index (χ0) is 27.4. The molecule has 3 N–H and O–H groups in total. The summed E-state index contributed by atoms with van der Waals surface area (Å²) in [5.41, 5.74) is -0.409. The molecule has 1 aromatic carbocycles. The molecule has 0 saturated carbocycles. The molecule has 39 heavy (non-hydrogen) atoms. The number of likely N-dealkylation sites (tertiary alicyclic amines) is 1. The van der Waals surface area contributed by atoms with E-state index in [2.05, 4.69) is 15.5 Å². The summed E-state index contributed by atoms with van der Waals surface area (Å²) in [5, 5.41) is 15.3. The monoisotopic (exact) mass is 544 g/mol. The number of nitrogens with zero attached hydrogens (tertiary/aromatic N) is 2. The predicted octanol–water partition coefficient (Wildman–Crippen LogP) is 0.619. The van der Waals surface area contributed by atoms with E-state index in [0.29, 0.717) is 76.6 Å². The number of anilines is 1. The van der Waals surface area contributed by atoms with E-state index in [1.54, 1.807) is 29.2 Å². The molecule has 1 spiro atoms. The Bertz CT molecular complexity index is 1030. The molecule has 0 aromatic heterocycles. The molecule has 11 heteroatoms. The number of aliphatic hydroxyl groups is 1. The van der Waals surface area contributed by atoms with Crippen molar-refractivity contribution in [3.05, 3.63) is 24.3 Å². The molecule has 5 atom stereocenters. The summed E-state index contributed by atoms with van der Waals surface area (Å²) in [7, 11) is 0. The average molecular weight is 545 g/mol. The third-order valence-corrected chi connectivity index (χ3v) is 8.42. The highest BCUT2D eigenvalue weighted by molar-refractivity contribution is 6.02. The second kappa shape index (κ2) is 12.2. The molecular weight excluding hydrogens is 504 g/mol. The first-order chi connectivity index (χ1) is 19.0. The van der Waals surface area contributed by atoms with E-state index in [1.807, 2.05) is 6.92 Å². The van der Waals surface area contributed by atoms with Gasteiger partial charge >= 0.3 is 0 Å². The Labute approximate surface area is 229 Å². The van der Waals surface area contributed by atoms with Crippen LogP contribution in [0.2, 0.25) is 0 Å². The van der Waals surface area contributed by atoms with Crippen LogP contribution in [-0.2, 0) is 23.9 Å². The minimum atomic E-state index is -1.02. The molecule has 2 unspecified atom stereocenters. The minimum absolute atomic E-state index is 0.0126. The predicted molar refractivity (Wildman–Crippen MR) is 142 cm³/mol. The van der Waals surface area contributed by atoms with Gasteiger partial charge < -0.3 is 34.9 Å². The molecule has 11 nitrogen and oxygen atoms in total. The van der Waals surface area contributed by atoms with Crippen LogP contribution in [0.5, 0.6) is 5.75 Å². The number of hydrogen-bond acceptors (Lipinski definition) is 8. The Hall–Kier alpha value is -2.73. The zero-order valence-electron chi connectivity index (χ0n) is 22.6. The van der Waals surface area contributed by atoms with Gasteiger partial charge in [0.1, 0.15) is 17.4 Å². The zero-order valence-corrected chi connectivity index (χ0v) is 22.6. The van der Waals surface area contributed by atoms with Crippen molar-refractivity contribution >= 4 is 23.4 Å². The van der Waals surface area contributed by atoms with Gasteiger partial charge in [0.05, 0.1) is 37.8 Å². The fourth-order valence-corrected chi connectivity index (χ4v) is 6.67. The fraction of sp³-hybridized carbons (Fsp3) is 0.679. The highest BCUT2D eigenvalue weighted by atomic mass is 16.5. The number of carbonyl (C=O) groups excluding carboxylic acids is 3. The molecule has 0 aliphatic carbocycles. The minimum Gasteiger partial charge on any atom is -0.494 e. The van der Waals surface area contributed by atoms with Crippen molar-refractivity contribution in [2.24, 2.45) is 11.8 Å². The van der Waals surface area contributed by atoms with Crippen LogP contribution in [0.25, 0.3) is 0 Å². The van der Waals surface area contributed by atoms with Crippen molar-refractivity contribution in [2.75, 3.05) is 64.5 Å². The first-order valence-electron chi connectivity index (χ1n) is 14.2. The first kappa shape index (κ1) is 27.8. The summed E-state index contributed by atoms with van der Waals surface area (Å²) in [5.74, 6) is -1.41. The van der Waals surface area contributed by atoms with E-state index in [9.17, 15) is 19.5 Å². The molecule has 4 heterocycles. The summed E-state index contributed by atoms with van der Waals surface area (Å²) in [6, 6.07) is 6.33. The molecule has 0 radical (unpaired) electrons. The standard InChI is InChI=1S/C28H40N4O7/c1-2-38-20-7-5-19(6-8-20)30-25(34)22-21-9-10-28(39-21)23(22)27(36)32(12-3-4-16-33)24(28)26(35)29-11-13-31-14-17-37-18-15-31/h5-8,21-24,33H,2-4,9-18H2,1H3,(H,29,35)(H,30,34)/t21-,22+,23+,24?,28?/m1/s1. The molecule has 1 aromatic rings. The molecule has 214 valence electrons. The van der Waals surface area contributed by atoms with E-state index < -0.39 is 29.6 Å². The third kappa shape index (κ3) is 5.50. The molecule has 5 rings (SSSR count). The Balaban J connectivity index is 1.31. The molecule has 4 aliphatic heterocycles. The van der Waals surface area contributed by atoms with E-state index in [1.165, 1.54) is 0 Å². The number of hydrogen-bond donors (Lipinski definition) is 3. The number of carbonyl (C=O) groups is 3.